The molecule has 1 aliphatic carbocycles. The number of hydrogen-bond donors (Lipinski definition) is 2. The molecule has 23 heavy (non-hydrogen) atoms. The molecule has 1 fully saturated rings. The number of carbonyl (C=O) groups excluding carboxylic acids is 1. The van der Waals surface area contributed by atoms with Gasteiger partial charge in [0.15, 0.2) is 6.10 Å². The minimum absolute atomic E-state index is 0.381. The van der Waals surface area contributed by atoms with Crippen LogP contribution in [0, 0.1) is 5.92 Å². The van der Waals surface area contributed by atoms with Crippen LogP contribution in [-0.2, 0) is 0 Å². The number of para-hydroxylation sites is 2. The Balaban J connectivity index is 1.93. The lowest BCUT2D eigenvalue weighted by atomic mass is 10.3. The van der Waals surface area contributed by atoms with Crippen molar-refractivity contribution in [1.29, 1.82) is 0 Å². The van der Waals surface area contributed by atoms with Gasteiger partial charge in [-0.15, -0.1) is 0 Å². The van der Waals surface area contributed by atoms with E-state index in [1.54, 1.807) is 24.3 Å². The number of alkyl halides is 3. The van der Waals surface area contributed by atoms with Gasteiger partial charge in [0, 0.05) is 7.05 Å². The predicted octanol–water partition coefficient (Wildman–Crippen LogP) is 2.86. The lowest BCUT2D eigenvalue weighted by molar-refractivity contribution is -0.205. The first-order chi connectivity index (χ1) is 10.8. The normalized spacial score (nSPS) is 15.9. The van der Waals surface area contributed by atoms with E-state index in [1.165, 1.54) is 7.05 Å². The molecule has 2 N–H and O–H groups in total. The molecule has 0 bridgehead atoms. The maximum absolute atomic E-state index is 12.3. The maximum atomic E-state index is 12.3. The number of ether oxygens (including phenoxy) is 1. The van der Waals surface area contributed by atoms with Gasteiger partial charge in [0.1, 0.15) is 5.75 Å². The highest BCUT2D eigenvalue weighted by Crippen LogP contribution is 2.31. The van der Waals surface area contributed by atoms with Crippen molar-refractivity contribution in [3.63, 3.8) is 0 Å². The molecule has 0 aliphatic heterocycles. The number of benzene rings is 1. The van der Waals surface area contributed by atoms with Gasteiger partial charge >= 0.3 is 12.2 Å². The summed E-state index contributed by atoms with van der Waals surface area (Å²) in [6.07, 6.45) is -5.11. The molecule has 1 aromatic rings. The van der Waals surface area contributed by atoms with E-state index in [1.807, 2.05) is 0 Å². The SMILES string of the molecule is CN(CC(O)C(F)(F)F)C(=O)Nc1ccccc1OCC1CC1. The van der Waals surface area contributed by atoms with Gasteiger partial charge in [0.05, 0.1) is 18.8 Å². The van der Waals surface area contributed by atoms with Crippen LogP contribution in [0.2, 0.25) is 0 Å². The number of likely N-dealkylation sites (N-methyl/N-ethyl adjacent to an activating group) is 1. The Kier molecular flexibility index (Phi) is 5.35. The van der Waals surface area contributed by atoms with Crippen molar-refractivity contribution in [1.82, 2.24) is 4.90 Å². The van der Waals surface area contributed by atoms with E-state index in [0.717, 1.165) is 17.7 Å². The van der Waals surface area contributed by atoms with Gasteiger partial charge in [-0.2, -0.15) is 13.2 Å². The Labute approximate surface area is 132 Å². The third kappa shape index (κ3) is 5.31. The van der Waals surface area contributed by atoms with Gasteiger partial charge in [-0.25, -0.2) is 4.79 Å². The van der Waals surface area contributed by atoms with Crippen LogP contribution < -0.4 is 10.1 Å². The molecule has 8 heteroatoms. The number of aliphatic hydroxyl groups is 1. The fourth-order valence-electron chi connectivity index (χ4n) is 1.84. The van der Waals surface area contributed by atoms with Gasteiger partial charge < -0.3 is 20.1 Å². The van der Waals surface area contributed by atoms with Gasteiger partial charge in [-0.3, -0.25) is 0 Å². The Bertz CT molecular complexity index is 547. The predicted molar refractivity (Wildman–Crippen MR) is 78.4 cm³/mol. The second kappa shape index (κ2) is 7.08. The lowest BCUT2D eigenvalue weighted by Crippen LogP contribution is -2.43. The van der Waals surface area contributed by atoms with E-state index in [9.17, 15) is 18.0 Å². The van der Waals surface area contributed by atoms with E-state index in [4.69, 9.17) is 9.84 Å². The van der Waals surface area contributed by atoms with Crippen molar-refractivity contribution in [3.05, 3.63) is 24.3 Å². The summed E-state index contributed by atoms with van der Waals surface area (Å²) in [5, 5.41) is 11.5. The minimum Gasteiger partial charge on any atom is -0.491 e. The fourth-order valence-corrected chi connectivity index (χ4v) is 1.84. The number of rotatable bonds is 6. The number of amides is 2. The van der Waals surface area contributed by atoms with Crippen molar-refractivity contribution < 1.29 is 27.8 Å². The molecule has 5 nitrogen and oxygen atoms in total. The quantitative estimate of drug-likeness (QED) is 0.842. The Hall–Kier alpha value is -1.96. The first-order valence-electron chi connectivity index (χ1n) is 7.26. The van der Waals surface area contributed by atoms with Gasteiger partial charge in [0.25, 0.3) is 0 Å². The van der Waals surface area contributed by atoms with Crippen LogP contribution in [0.3, 0.4) is 0 Å². The number of halogens is 3. The Morgan fingerprint density at radius 1 is 1.43 bits per heavy atom. The Morgan fingerprint density at radius 2 is 2.09 bits per heavy atom. The van der Waals surface area contributed by atoms with Crippen LogP contribution in [0.4, 0.5) is 23.7 Å². The molecule has 0 radical (unpaired) electrons. The van der Waals surface area contributed by atoms with E-state index in [2.05, 4.69) is 5.32 Å². The molecule has 0 heterocycles. The number of aliphatic hydroxyl groups excluding tert-OH is 1. The molecule has 1 atom stereocenters. The molecule has 2 rings (SSSR count). The summed E-state index contributed by atoms with van der Waals surface area (Å²) in [4.78, 5) is 12.7. The molecule has 128 valence electrons. The molecule has 1 aliphatic rings. The summed E-state index contributed by atoms with van der Waals surface area (Å²) in [7, 11) is 1.18. The molecule has 1 unspecified atom stereocenters. The van der Waals surface area contributed by atoms with E-state index in [0.29, 0.717) is 24.0 Å². The van der Waals surface area contributed by atoms with Crippen LogP contribution in [0.1, 0.15) is 12.8 Å². The van der Waals surface area contributed by atoms with Gasteiger partial charge in [0.2, 0.25) is 0 Å². The van der Waals surface area contributed by atoms with Crippen LogP contribution in [0.25, 0.3) is 0 Å². The van der Waals surface area contributed by atoms with Crippen LogP contribution in [0.5, 0.6) is 5.75 Å². The molecule has 0 spiro atoms. The number of hydrogen-bond acceptors (Lipinski definition) is 3. The summed E-state index contributed by atoms with van der Waals surface area (Å²) in [6.45, 7) is -0.296. The smallest absolute Gasteiger partial charge is 0.416 e. The third-order valence-electron chi connectivity index (χ3n) is 3.47. The molecule has 0 aromatic heterocycles. The molecule has 0 saturated heterocycles. The van der Waals surface area contributed by atoms with Crippen molar-refractivity contribution in [3.8, 4) is 5.75 Å². The summed E-state index contributed by atoms with van der Waals surface area (Å²) in [5.74, 6) is 1.00. The highest BCUT2D eigenvalue weighted by molar-refractivity contribution is 5.90. The highest BCUT2D eigenvalue weighted by atomic mass is 19.4. The van der Waals surface area contributed by atoms with Gasteiger partial charge in [-0.1, -0.05) is 12.1 Å². The third-order valence-corrected chi connectivity index (χ3v) is 3.47. The van der Waals surface area contributed by atoms with E-state index >= 15 is 0 Å². The van der Waals surface area contributed by atoms with Crippen molar-refractivity contribution in [2.45, 2.75) is 25.1 Å². The lowest BCUT2D eigenvalue weighted by Gasteiger charge is -2.23. The van der Waals surface area contributed by atoms with Crippen LogP contribution in [-0.4, -0.2) is 48.5 Å². The van der Waals surface area contributed by atoms with E-state index in [-0.39, 0.29) is 0 Å². The first kappa shape index (κ1) is 17.4. The number of carbonyl (C=O) groups is 1. The zero-order valence-corrected chi connectivity index (χ0v) is 12.6. The standard InChI is InChI=1S/C15H19F3N2O3/c1-20(8-13(21)15(16,17)18)14(22)19-11-4-2-3-5-12(11)23-9-10-6-7-10/h2-5,10,13,21H,6-9H2,1H3,(H,19,22). The number of urea groups is 1. The first-order valence-corrected chi connectivity index (χ1v) is 7.26. The molecular weight excluding hydrogens is 313 g/mol. The molecule has 1 aromatic carbocycles. The second-order valence-electron chi connectivity index (χ2n) is 5.62. The van der Waals surface area contributed by atoms with E-state index < -0.39 is 24.9 Å². The molecule has 2 amide bonds. The number of anilines is 1. The van der Waals surface area contributed by atoms with Crippen molar-refractivity contribution in [2.24, 2.45) is 5.92 Å². The molecular formula is C15H19F3N2O3. The maximum Gasteiger partial charge on any atom is 0.416 e. The monoisotopic (exact) mass is 332 g/mol. The fraction of sp³-hybridized carbons (Fsp3) is 0.533. The summed E-state index contributed by atoms with van der Waals surface area (Å²) in [6, 6.07) is 5.96. The summed E-state index contributed by atoms with van der Waals surface area (Å²) < 4.78 is 42.6. The van der Waals surface area contributed by atoms with Crippen LogP contribution in [0.15, 0.2) is 24.3 Å². The summed E-state index contributed by atoms with van der Waals surface area (Å²) in [5.41, 5.74) is 0.381. The number of nitrogens with one attached hydrogen (secondary N) is 1. The van der Waals surface area contributed by atoms with Crippen LogP contribution >= 0.6 is 0 Å². The van der Waals surface area contributed by atoms with Crippen molar-refractivity contribution >= 4 is 11.7 Å². The Morgan fingerprint density at radius 3 is 2.70 bits per heavy atom. The van der Waals surface area contributed by atoms with Gasteiger partial charge in [-0.05, 0) is 30.9 Å². The topological polar surface area (TPSA) is 61.8 Å². The van der Waals surface area contributed by atoms with Crippen molar-refractivity contribution in [2.75, 3.05) is 25.5 Å². The second-order valence-corrected chi connectivity index (χ2v) is 5.62. The minimum atomic E-state index is -4.76. The average molecular weight is 332 g/mol. The number of nitrogens with zero attached hydrogens (tertiary/aromatic N) is 1. The zero-order chi connectivity index (χ0) is 17.0. The zero-order valence-electron chi connectivity index (χ0n) is 12.6. The highest BCUT2D eigenvalue weighted by Gasteiger charge is 2.39. The molecule has 1 saturated carbocycles. The summed E-state index contributed by atoms with van der Waals surface area (Å²) >= 11 is 0. The average Bonchev–Trinajstić information content (AvgIpc) is 3.29. The largest absolute Gasteiger partial charge is 0.491 e.